The minimum Gasteiger partial charge on any atom is -0.493 e. The second kappa shape index (κ2) is 17.1. The van der Waals surface area contributed by atoms with E-state index in [4.69, 9.17) is 23.7 Å². The number of rotatable bonds is 17. The summed E-state index contributed by atoms with van der Waals surface area (Å²) in [5.74, 6) is 2.30. The minimum atomic E-state index is -0.522. The van der Waals surface area contributed by atoms with Crippen LogP contribution >= 0.6 is 0 Å². The van der Waals surface area contributed by atoms with Crippen molar-refractivity contribution in [1.82, 2.24) is 10.2 Å². The lowest BCUT2D eigenvalue weighted by molar-refractivity contribution is -0.0343. The molecular weight excluding hydrogens is 532 g/mol. The van der Waals surface area contributed by atoms with E-state index in [1.54, 1.807) is 14.2 Å². The van der Waals surface area contributed by atoms with Crippen LogP contribution in [0.4, 0.5) is 0 Å². The molecule has 0 amide bonds. The highest BCUT2D eigenvalue weighted by Gasteiger charge is 2.35. The highest BCUT2D eigenvalue weighted by atomic mass is 16.5. The van der Waals surface area contributed by atoms with Gasteiger partial charge in [0.2, 0.25) is 0 Å². The Morgan fingerprint density at radius 2 is 1.60 bits per heavy atom. The van der Waals surface area contributed by atoms with Gasteiger partial charge in [-0.2, -0.15) is 0 Å². The first kappa shape index (κ1) is 32.6. The van der Waals surface area contributed by atoms with E-state index in [-0.39, 0.29) is 18.8 Å². The number of ether oxygens (including phenoxy) is 5. The molecule has 4 atom stereocenters. The molecule has 2 aromatic carbocycles. The lowest BCUT2D eigenvalue weighted by atomic mass is 9.91. The monoisotopic (exact) mass is 584 g/mol. The molecule has 42 heavy (non-hydrogen) atoms. The summed E-state index contributed by atoms with van der Waals surface area (Å²) < 4.78 is 29.4. The molecule has 2 aromatic rings. The molecule has 1 heterocycles. The predicted molar refractivity (Wildman–Crippen MR) is 166 cm³/mol. The summed E-state index contributed by atoms with van der Waals surface area (Å²) in [6.45, 7) is 8.43. The van der Waals surface area contributed by atoms with E-state index in [9.17, 15) is 5.11 Å². The van der Waals surface area contributed by atoms with E-state index in [2.05, 4.69) is 42.3 Å². The third kappa shape index (κ3) is 10.1. The van der Waals surface area contributed by atoms with Crippen molar-refractivity contribution in [2.75, 3.05) is 53.7 Å². The van der Waals surface area contributed by atoms with Crippen molar-refractivity contribution in [1.29, 1.82) is 0 Å². The van der Waals surface area contributed by atoms with Crippen molar-refractivity contribution in [3.05, 3.63) is 53.6 Å². The van der Waals surface area contributed by atoms with Gasteiger partial charge in [-0.1, -0.05) is 44.9 Å². The largest absolute Gasteiger partial charge is 0.493 e. The van der Waals surface area contributed by atoms with Gasteiger partial charge in [0.25, 0.3) is 0 Å². The summed E-state index contributed by atoms with van der Waals surface area (Å²) in [6, 6.07) is 15.1. The number of nitrogens with one attached hydrogen (secondary N) is 1. The number of hydrogen-bond acceptors (Lipinski definition) is 8. The average Bonchev–Trinajstić information content (AvgIpc) is 3.48. The molecule has 0 aromatic heterocycles. The molecule has 4 rings (SSSR count). The van der Waals surface area contributed by atoms with E-state index in [0.717, 1.165) is 56.0 Å². The number of hydrogen-bond donors (Lipinski definition) is 2. The van der Waals surface area contributed by atoms with Crippen LogP contribution in [0.1, 0.15) is 57.1 Å². The van der Waals surface area contributed by atoms with Crippen LogP contribution in [0.3, 0.4) is 0 Å². The molecule has 0 spiro atoms. The van der Waals surface area contributed by atoms with Gasteiger partial charge in [0.1, 0.15) is 18.5 Å². The van der Waals surface area contributed by atoms with Gasteiger partial charge in [-0.3, -0.25) is 4.90 Å². The van der Waals surface area contributed by atoms with Crippen LogP contribution in [-0.4, -0.2) is 94.1 Å². The molecule has 8 heteroatoms. The predicted octanol–water partition coefficient (Wildman–Crippen LogP) is 4.65. The SMILES string of the molecule is COc1ccc(CCO[C@H]2CCCC[C@@H]2N2CCC(OCCc3ccc(OCC(O)CNC(C)C)cc3)C2)cc1OC. The fourth-order valence-corrected chi connectivity index (χ4v) is 5.96. The van der Waals surface area contributed by atoms with Gasteiger partial charge >= 0.3 is 0 Å². The number of likely N-dealkylation sites (tertiary alicyclic amines) is 1. The van der Waals surface area contributed by atoms with Crippen LogP contribution < -0.4 is 19.5 Å². The highest BCUT2D eigenvalue weighted by molar-refractivity contribution is 5.42. The number of methoxy groups -OCH3 is 2. The van der Waals surface area contributed by atoms with Gasteiger partial charge < -0.3 is 34.1 Å². The topological polar surface area (TPSA) is 81.7 Å². The molecule has 2 aliphatic rings. The third-order valence-corrected chi connectivity index (χ3v) is 8.36. The lowest BCUT2D eigenvalue weighted by Gasteiger charge is -2.38. The van der Waals surface area contributed by atoms with Crippen molar-refractivity contribution < 1.29 is 28.8 Å². The maximum Gasteiger partial charge on any atom is 0.160 e. The first-order valence-electron chi connectivity index (χ1n) is 15.8. The van der Waals surface area contributed by atoms with Crippen molar-refractivity contribution in [3.63, 3.8) is 0 Å². The Labute approximate surface area is 252 Å². The van der Waals surface area contributed by atoms with Gasteiger partial charge in [-0.15, -0.1) is 0 Å². The molecule has 1 saturated heterocycles. The van der Waals surface area contributed by atoms with Crippen molar-refractivity contribution >= 4 is 0 Å². The summed E-state index contributed by atoms with van der Waals surface area (Å²) in [7, 11) is 3.34. The normalized spacial score (nSPS) is 21.9. The van der Waals surface area contributed by atoms with Crippen LogP contribution in [0.2, 0.25) is 0 Å². The van der Waals surface area contributed by atoms with E-state index in [1.807, 2.05) is 24.3 Å². The number of aliphatic hydroxyl groups excluding tert-OH is 1. The van der Waals surface area contributed by atoms with Crippen LogP contribution in [0.25, 0.3) is 0 Å². The van der Waals surface area contributed by atoms with Gasteiger partial charge in [-0.25, -0.2) is 0 Å². The number of benzene rings is 2. The third-order valence-electron chi connectivity index (χ3n) is 8.36. The van der Waals surface area contributed by atoms with Gasteiger partial charge in [0.15, 0.2) is 11.5 Å². The standard InChI is InChI=1S/C34H52N2O6/c1-25(2)35-22-28(37)24-42-29-12-9-26(10-13-29)16-19-40-30-15-18-36(23-30)31-7-5-6-8-32(31)41-20-17-27-11-14-33(38-3)34(21-27)39-4/h9-14,21,25,28,30-32,35,37H,5-8,15-20,22-24H2,1-4H3/t28?,30?,31-,32-/m0/s1. The molecule has 8 nitrogen and oxygen atoms in total. The molecule has 2 fully saturated rings. The molecule has 2 unspecified atom stereocenters. The average molecular weight is 585 g/mol. The Bertz CT molecular complexity index is 1050. The van der Waals surface area contributed by atoms with Crippen LogP contribution in [0, 0.1) is 0 Å². The molecule has 1 aliphatic carbocycles. The van der Waals surface area contributed by atoms with E-state index in [1.165, 1.54) is 30.4 Å². The van der Waals surface area contributed by atoms with Crippen molar-refractivity contribution in [2.45, 2.75) is 89.2 Å². The van der Waals surface area contributed by atoms with Crippen molar-refractivity contribution in [3.8, 4) is 17.2 Å². The maximum absolute atomic E-state index is 10.0. The minimum absolute atomic E-state index is 0.280. The van der Waals surface area contributed by atoms with E-state index < -0.39 is 6.10 Å². The Kier molecular flexibility index (Phi) is 13.2. The Morgan fingerprint density at radius 3 is 2.36 bits per heavy atom. The second-order valence-electron chi connectivity index (χ2n) is 11.9. The zero-order valence-electron chi connectivity index (χ0n) is 26.1. The molecule has 1 aliphatic heterocycles. The fourth-order valence-electron chi connectivity index (χ4n) is 5.96. The van der Waals surface area contributed by atoms with E-state index in [0.29, 0.717) is 31.8 Å². The van der Waals surface area contributed by atoms with Crippen LogP contribution in [-0.2, 0) is 22.3 Å². The second-order valence-corrected chi connectivity index (χ2v) is 11.9. The smallest absolute Gasteiger partial charge is 0.160 e. The molecular formula is C34H52N2O6. The summed E-state index contributed by atoms with van der Waals surface area (Å²) in [5, 5.41) is 13.3. The fraction of sp³-hybridized carbons (Fsp3) is 0.647. The molecule has 234 valence electrons. The Morgan fingerprint density at radius 1 is 0.881 bits per heavy atom. The number of nitrogens with zero attached hydrogens (tertiary/aromatic N) is 1. The van der Waals surface area contributed by atoms with Crippen molar-refractivity contribution in [2.24, 2.45) is 0 Å². The van der Waals surface area contributed by atoms with Gasteiger partial charge in [0, 0.05) is 31.7 Å². The maximum atomic E-state index is 10.0. The summed E-state index contributed by atoms with van der Waals surface area (Å²) >= 11 is 0. The first-order chi connectivity index (χ1) is 20.4. The molecule has 0 radical (unpaired) electrons. The quantitative estimate of drug-likeness (QED) is 0.278. The Balaban J connectivity index is 1.15. The zero-order chi connectivity index (χ0) is 29.7. The molecule has 0 bridgehead atoms. The summed E-state index contributed by atoms with van der Waals surface area (Å²) in [4.78, 5) is 2.61. The highest BCUT2D eigenvalue weighted by Crippen LogP contribution is 2.30. The van der Waals surface area contributed by atoms with Gasteiger partial charge in [-0.05, 0) is 67.5 Å². The lowest BCUT2D eigenvalue weighted by Crippen LogP contribution is -2.46. The molecule has 1 saturated carbocycles. The molecule has 2 N–H and O–H groups in total. The van der Waals surface area contributed by atoms with E-state index >= 15 is 0 Å². The number of aliphatic hydroxyl groups is 1. The van der Waals surface area contributed by atoms with Crippen LogP contribution in [0.5, 0.6) is 17.2 Å². The summed E-state index contributed by atoms with van der Waals surface area (Å²) in [5.41, 5.74) is 2.43. The first-order valence-corrected chi connectivity index (χ1v) is 15.8. The Hall–Kier alpha value is -2.36. The van der Waals surface area contributed by atoms with Crippen LogP contribution in [0.15, 0.2) is 42.5 Å². The zero-order valence-corrected chi connectivity index (χ0v) is 26.1. The van der Waals surface area contributed by atoms with Gasteiger partial charge in [0.05, 0.1) is 39.6 Å². The summed E-state index contributed by atoms with van der Waals surface area (Å²) in [6.07, 6.45) is 7.71.